The van der Waals surface area contributed by atoms with E-state index in [1.54, 1.807) is 13.4 Å². The fourth-order valence-electron chi connectivity index (χ4n) is 7.47. The second-order valence-electron chi connectivity index (χ2n) is 12.4. The number of methoxy groups -OCH3 is 1. The first-order chi connectivity index (χ1) is 23.8. The maximum atomic E-state index is 5.68. The summed E-state index contributed by atoms with van der Waals surface area (Å²) in [5, 5.41) is 6.16. The van der Waals surface area contributed by atoms with Crippen LogP contribution in [-0.2, 0) is 5.54 Å². The molecule has 5 aromatic carbocycles. The molecule has 0 bridgehead atoms. The minimum Gasteiger partial charge on any atom is -0.496 e. The Morgan fingerprint density at radius 1 is 0.667 bits per heavy atom. The molecular weight excluding hydrogens is 590 g/mol. The summed E-state index contributed by atoms with van der Waals surface area (Å²) in [6.07, 6.45) is 7.93. The minimum atomic E-state index is -0.668. The monoisotopic (exact) mass is 627 g/mol. The molecule has 0 spiro atoms. The Morgan fingerprint density at radius 2 is 1.27 bits per heavy atom. The standard InChI is InChI=1S/C42H37N5O/c1-48-40-20-12-11-19-37(40)31-23-25-46(26-24-31)41-38-27-32(21-22-39(38)43-30-44-41)33-28-45-47(29-33)42(34-13-5-2-6-14-34,35-15-7-3-8-16-35)36-17-9-4-10-18-36/h2-22,27-31H,23-26H2,1H3. The molecule has 3 heterocycles. The number of benzene rings is 5. The van der Waals surface area contributed by atoms with Crippen LogP contribution in [-0.4, -0.2) is 39.9 Å². The summed E-state index contributed by atoms with van der Waals surface area (Å²) in [7, 11) is 1.76. The fourth-order valence-corrected chi connectivity index (χ4v) is 7.47. The lowest BCUT2D eigenvalue weighted by Crippen LogP contribution is -2.38. The highest BCUT2D eigenvalue weighted by molar-refractivity contribution is 5.92. The van der Waals surface area contributed by atoms with Crippen LogP contribution in [0.1, 0.15) is 41.0 Å². The highest BCUT2D eigenvalue weighted by atomic mass is 16.5. The number of anilines is 1. The second kappa shape index (κ2) is 12.8. The van der Waals surface area contributed by atoms with E-state index in [4.69, 9.17) is 14.8 Å². The Labute approximate surface area is 281 Å². The Balaban J connectivity index is 1.18. The van der Waals surface area contributed by atoms with Crippen LogP contribution in [0.5, 0.6) is 5.75 Å². The van der Waals surface area contributed by atoms with Crippen molar-refractivity contribution in [2.24, 2.45) is 0 Å². The molecule has 1 aliphatic heterocycles. The summed E-state index contributed by atoms with van der Waals surface area (Å²) in [6.45, 7) is 1.84. The molecule has 1 fully saturated rings. The summed E-state index contributed by atoms with van der Waals surface area (Å²) >= 11 is 0. The normalized spacial score (nSPS) is 13.9. The summed E-state index contributed by atoms with van der Waals surface area (Å²) in [5.41, 5.74) is 7.11. The van der Waals surface area contributed by atoms with Crippen molar-refractivity contribution < 1.29 is 4.74 Å². The maximum absolute atomic E-state index is 5.68. The van der Waals surface area contributed by atoms with Crippen LogP contribution in [0.15, 0.2) is 152 Å². The van der Waals surface area contributed by atoms with Gasteiger partial charge in [0.1, 0.15) is 23.4 Å². The molecule has 2 aromatic heterocycles. The lowest BCUT2D eigenvalue weighted by Gasteiger charge is -2.36. The molecule has 0 unspecified atom stereocenters. The number of hydrogen-bond donors (Lipinski definition) is 0. The van der Waals surface area contributed by atoms with Gasteiger partial charge >= 0.3 is 0 Å². The van der Waals surface area contributed by atoms with E-state index in [2.05, 4.69) is 148 Å². The van der Waals surface area contributed by atoms with Gasteiger partial charge in [-0.25, -0.2) is 9.97 Å². The Hall–Kier alpha value is -5.75. The molecule has 6 nitrogen and oxygen atoms in total. The van der Waals surface area contributed by atoms with Crippen molar-refractivity contribution in [2.45, 2.75) is 24.3 Å². The number of para-hydroxylation sites is 1. The smallest absolute Gasteiger partial charge is 0.139 e. The van der Waals surface area contributed by atoms with Gasteiger partial charge < -0.3 is 9.64 Å². The lowest BCUT2D eigenvalue weighted by atomic mass is 9.77. The van der Waals surface area contributed by atoms with E-state index < -0.39 is 5.54 Å². The van der Waals surface area contributed by atoms with Gasteiger partial charge in [-0.3, -0.25) is 4.68 Å². The van der Waals surface area contributed by atoms with E-state index >= 15 is 0 Å². The van der Waals surface area contributed by atoms with Crippen molar-refractivity contribution in [3.8, 4) is 16.9 Å². The van der Waals surface area contributed by atoms with Crippen molar-refractivity contribution in [3.05, 3.63) is 174 Å². The number of nitrogens with zero attached hydrogens (tertiary/aromatic N) is 5. The zero-order valence-corrected chi connectivity index (χ0v) is 27.0. The molecule has 1 saturated heterocycles. The van der Waals surface area contributed by atoms with Crippen LogP contribution >= 0.6 is 0 Å². The van der Waals surface area contributed by atoms with Gasteiger partial charge in [-0.2, -0.15) is 5.10 Å². The lowest BCUT2D eigenvalue weighted by molar-refractivity contribution is 0.397. The molecule has 236 valence electrons. The third-order valence-electron chi connectivity index (χ3n) is 9.82. The topological polar surface area (TPSA) is 56.1 Å². The van der Waals surface area contributed by atoms with Crippen LogP contribution in [0.3, 0.4) is 0 Å². The average molecular weight is 628 g/mol. The quantitative estimate of drug-likeness (QED) is 0.158. The highest BCUT2D eigenvalue weighted by Gasteiger charge is 2.39. The van der Waals surface area contributed by atoms with E-state index in [1.165, 1.54) is 5.56 Å². The van der Waals surface area contributed by atoms with E-state index in [9.17, 15) is 0 Å². The predicted octanol–water partition coefficient (Wildman–Crippen LogP) is 8.73. The van der Waals surface area contributed by atoms with E-state index in [0.29, 0.717) is 5.92 Å². The van der Waals surface area contributed by atoms with Crippen LogP contribution in [0.2, 0.25) is 0 Å². The molecule has 1 aliphatic rings. The second-order valence-corrected chi connectivity index (χ2v) is 12.4. The number of fused-ring (bicyclic) bond motifs is 1. The van der Waals surface area contributed by atoms with Crippen LogP contribution in [0, 0.1) is 0 Å². The Morgan fingerprint density at radius 3 is 1.90 bits per heavy atom. The zero-order valence-electron chi connectivity index (χ0n) is 27.0. The predicted molar refractivity (Wildman–Crippen MR) is 193 cm³/mol. The number of ether oxygens (including phenoxy) is 1. The summed E-state index contributed by atoms with van der Waals surface area (Å²) in [5.74, 6) is 2.43. The van der Waals surface area contributed by atoms with Gasteiger partial charge in [0.2, 0.25) is 0 Å². The van der Waals surface area contributed by atoms with Gasteiger partial charge in [-0.1, -0.05) is 115 Å². The van der Waals surface area contributed by atoms with E-state index in [1.807, 2.05) is 12.3 Å². The van der Waals surface area contributed by atoms with Gasteiger partial charge in [0.05, 0.1) is 18.8 Å². The molecule has 0 saturated carbocycles. The first-order valence-corrected chi connectivity index (χ1v) is 16.6. The minimum absolute atomic E-state index is 0.464. The summed E-state index contributed by atoms with van der Waals surface area (Å²) in [4.78, 5) is 11.9. The number of rotatable bonds is 8. The fraction of sp³-hybridized carbons (Fsp3) is 0.167. The largest absolute Gasteiger partial charge is 0.496 e. The Bertz CT molecular complexity index is 2040. The number of piperidine rings is 1. The molecule has 6 heteroatoms. The average Bonchev–Trinajstić information content (AvgIpc) is 3.67. The Kier molecular flexibility index (Phi) is 7.90. The first kappa shape index (κ1) is 29.6. The van der Waals surface area contributed by atoms with Crippen LogP contribution < -0.4 is 9.64 Å². The molecule has 8 rings (SSSR count). The summed E-state index contributed by atoms with van der Waals surface area (Å²) < 4.78 is 7.80. The van der Waals surface area contributed by atoms with Crippen molar-refractivity contribution in [3.63, 3.8) is 0 Å². The third-order valence-corrected chi connectivity index (χ3v) is 9.82. The number of hydrogen-bond acceptors (Lipinski definition) is 5. The summed E-state index contributed by atoms with van der Waals surface area (Å²) in [6, 6.07) is 46.8. The molecule has 7 aromatic rings. The van der Waals surface area contributed by atoms with Gasteiger partial charge in [0, 0.05) is 30.2 Å². The van der Waals surface area contributed by atoms with Gasteiger partial charge in [0.15, 0.2) is 0 Å². The van der Waals surface area contributed by atoms with Crippen molar-refractivity contribution >= 4 is 16.7 Å². The zero-order chi connectivity index (χ0) is 32.3. The van der Waals surface area contributed by atoms with Crippen molar-refractivity contribution in [1.29, 1.82) is 0 Å². The molecule has 0 atom stereocenters. The third kappa shape index (κ3) is 5.20. The van der Waals surface area contributed by atoms with Crippen LogP contribution in [0.25, 0.3) is 22.0 Å². The molecule has 0 aliphatic carbocycles. The molecule has 0 amide bonds. The van der Waals surface area contributed by atoms with Gasteiger partial charge in [0.25, 0.3) is 0 Å². The van der Waals surface area contributed by atoms with Crippen molar-refractivity contribution in [2.75, 3.05) is 25.1 Å². The molecule has 0 radical (unpaired) electrons. The van der Waals surface area contributed by atoms with E-state index in [-0.39, 0.29) is 0 Å². The number of aromatic nitrogens is 4. The highest BCUT2D eigenvalue weighted by Crippen LogP contribution is 2.42. The molecular formula is C42H37N5O. The van der Waals surface area contributed by atoms with Gasteiger partial charge in [-0.05, 0) is 64.8 Å². The maximum Gasteiger partial charge on any atom is 0.139 e. The van der Waals surface area contributed by atoms with E-state index in [0.717, 1.165) is 76.2 Å². The first-order valence-electron chi connectivity index (χ1n) is 16.6. The SMILES string of the molecule is COc1ccccc1C1CCN(c2ncnc3ccc(-c4cnn(C(c5ccccc5)(c5ccccc5)c5ccccc5)c4)cc23)CC1. The molecule has 48 heavy (non-hydrogen) atoms. The van der Waals surface area contributed by atoms with Crippen LogP contribution in [0.4, 0.5) is 5.82 Å². The molecule has 0 N–H and O–H groups in total. The van der Waals surface area contributed by atoms with Gasteiger partial charge in [-0.15, -0.1) is 0 Å². The van der Waals surface area contributed by atoms with Crippen molar-refractivity contribution in [1.82, 2.24) is 19.7 Å².